The van der Waals surface area contributed by atoms with Gasteiger partial charge in [-0.05, 0) is 54.7 Å². The van der Waals surface area contributed by atoms with Crippen LogP contribution in [0.2, 0.25) is 0 Å². The van der Waals surface area contributed by atoms with Crippen LogP contribution in [0, 0.1) is 11.7 Å². The highest BCUT2D eigenvalue weighted by Gasteiger charge is 2.25. The van der Waals surface area contributed by atoms with E-state index in [4.69, 9.17) is 0 Å². The number of pyridine rings is 2. The van der Waals surface area contributed by atoms with Crippen LogP contribution in [0.5, 0.6) is 0 Å². The number of fused-ring (bicyclic) bond motifs is 1. The van der Waals surface area contributed by atoms with E-state index >= 15 is 0 Å². The summed E-state index contributed by atoms with van der Waals surface area (Å²) in [6, 6.07) is 11.3. The summed E-state index contributed by atoms with van der Waals surface area (Å²) in [5.74, 6) is -0.276. The molecule has 29 heavy (non-hydrogen) atoms. The molecule has 4 rings (SSSR count). The van der Waals surface area contributed by atoms with E-state index in [1.165, 1.54) is 23.1 Å². The molecule has 1 aromatic carbocycles. The van der Waals surface area contributed by atoms with Crippen LogP contribution in [-0.2, 0) is 6.54 Å². The van der Waals surface area contributed by atoms with Crippen molar-refractivity contribution in [2.45, 2.75) is 45.2 Å². The number of nitrogens with zero attached hydrogens (tertiary/aromatic N) is 2. The predicted molar refractivity (Wildman–Crippen MR) is 110 cm³/mol. The number of nitrogens with one attached hydrogen (secondary N) is 1. The summed E-state index contributed by atoms with van der Waals surface area (Å²) in [7, 11) is 0. The fraction of sp³-hybridized carbons (Fsp3) is 0.348. The van der Waals surface area contributed by atoms with Gasteiger partial charge in [-0.3, -0.25) is 14.2 Å². The summed E-state index contributed by atoms with van der Waals surface area (Å²) in [4.78, 5) is 30.5. The standard InChI is InChI=1S/C23H24FN3O2/c1-15-5-2-3-7-20(15)26-22(28)19-13-17-6-4-12-25-21(17)27(23(19)29)14-16-8-10-18(24)11-9-16/h4,6,8-13,15,20H,2-3,5,7,14H2,1H3,(H,26,28). The lowest BCUT2D eigenvalue weighted by atomic mass is 9.86. The number of hydrogen-bond donors (Lipinski definition) is 1. The van der Waals surface area contributed by atoms with Crippen LogP contribution in [0.15, 0.2) is 53.5 Å². The Hall–Kier alpha value is -3.02. The average molecular weight is 393 g/mol. The molecular weight excluding hydrogens is 369 g/mol. The summed E-state index contributed by atoms with van der Waals surface area (Å²) >= 11 is 0. The van der Waals surface area contributed by atoms with Crippen molar-refractivity contribution < 1.29 is 9.18 Å². The normalized spacial score (nSPS) is 19.2. The number of hydrogen-bond acceptors (Lipinski definition) is 3. The van der Waals surface area contributed by atoms with Crippen molar-refractivity contribution in [1.82, 2.24) is 14.9 Å². The topological polar surface area (TPSA) is 64.0 Å². The molecule has 6 heteroatoms. The lowest BCUT2D eigenvalue weighted by molar-refractivity contribution is 0.0908. The molecule has 2 atom stereocenters. The van der Waals surface area contributed by atoms with Crippen molar-refractivity contribution in [3.8, 4) is 0 Å². The molecule has 1 aliphatic rings. The molecule has 3 aromatic rings. The number of carbonyl (C=O) groups excluding carboxylic acids is 1. The van der Waals surface area contributed by atoms with Gasteiger partial charge in [0.05, 0.1) is 6.54 Å². The maximum absolute atomic E-state index is 13.2. The Kier molecular flexibility index (Phi) is 5.43. The van der Waals surface area contributed by atoms with Crippen molar-refractivity contribution in [2.24, 2.45) is 5.92 Å². The van der Waals surface area contributed by atoms with Gasteiger partial charge in [0.15, 0.2) is 0 Å². The largest absolute Gasteiger partial charge is 0.349 e. The molecule has 1 fully saturated rings. The van der Waals surface area contributed by atoms with E-state index in [0.717, 1.165) is 30.2 Å². The quantitative estimate of drug-likeness (QED) is 0.731. The van der Waals surface area contributed by atoms with Crippen LogP contribution < -0.4 is 10.9 Å². The van der Waals surface area contributed by atoms with Crippen LogP contribution >= 0.6 is 0 Å². The summed E-state index contributed by atoms with van der Waals surface area (Å²) in [6.07, 6.45) is 5.91. The molecule has 1 N–H and O–H groups in total. The van der Waals surface area contributed by atoms with Crippen molar-refractivity contribution in [3.05, 3.63) is 76.0 Å². The predicted octanol–water partition coefficient (Wildman–Crippen LogP) is 3.89. The first-order chi connectivity index (χ1) is 14.0. The highest BCUT2D eigenvalue weighted by atomic mass is 19.1. The Balaban J connectivity index is 1.72. The molecule has 0 aliphatic heterocycles. The Labute approximate surface area is 168 Å². The van der Waals surface area contributed by atoms with Gasteiger partial charge in [-0.15, -0.1) is 0 Å². The Bertz CT molecular complexity index is 1090. The first-order valence-electron chi connectivity index (χ1n) is 10.1. The second-order valence-electron chi connectivity index (χ2n) is 7.83. The lowest BCUT2D eigenvalue weighted by Gasteiger charge is -2.29. The van der Waals surface area contributed by atoms with E-state index < -0.39 is 0 Å². The zero-order valence-corrected chi connectivity index (χ0v) is 16.4. The minimum atomic E-state index is -0.388. The van der Waals surface area contributed by atoms with E-state index in [1.807, 2.05) is 6.07 Å². The van der Waals surface area contributed by atoms with Gasteiger partial charge in [0.1, 0.15) is 17.0 Å². The Morgan fingerprint density at radius 2 is 1.97 bits per heavy atom. The van der Waals surface area contributed by atoms with Crippen molar-refractivity contribution in [1.29, 1.82) is 0 Å². The highest BCUT2D eigenvalue weighted by molar-refractivity contribution is 5.97. The summed E-state index contributed by atoms with van der Waals surface area (Å²) < 4.78 is 14.7. The number of carbonyl (C=O) groups is 1. The molecule has 5 nitrogen and oxygen atoms in total. The van der Waals surface area contributed by atoms with Crippen LogP contribution in [-0.4, -0.2) is 21.5 Å². The van der Waals surface area contributed by atoms with E-state index in [2.05, 4.69) is 17.2 Å². The maximum atomic E-state index is 13.2. The summed E-state index contributed by atoms with van der Waals surface area (Å²) in [5.41, 5.74) is 0.996. The third kappa shape index (κ3) is 4.06. The molecule has 1 aliphatic carbocycles. The van der Waals surface area contributed by atoms with Crippen molar-refractivity contribution in [2.75, 3.05) is 0 Å². The van der Waals surface area contributed by atoms with Gasteiger partial charge in [0.2, 0.25) is 0 Å². The summed E-state index contributed by atoms with van der Waals surface area (Å²) in [5, 5.41) is 3.79. The molecular formula is C23H24FN3O2. The maximum Gasteiger partial charge on any atom is 0.265 e. The van der Waals surface area contributed by atoms with Gasteiger partial charge in [0.25, 0.3) is 11.5 Å². The number of rotatable bonds is 4. The molecule has 0 saturated heterocycles. The zero-order chi connectivity index (χ0) is 20.4. The first-order valence-corrected chi connectivity index (χ1v) is 10.1. The molecule has 1 saturated carbocycles. The molecule has 1 amide bonds. The van der Waals surface area contributed by atoms with Crippen molar-refractivity contribution >= 4 is 16.9 Å². The Morgan fingerprint density at radius 1 is 1.21 bits per heavy atom. The van der Waals surface area contributed by atoms with Crippen molar-refractivity contribution in [3.63, 3.8) is 0 Å². The van der Waals surface area contributed by atoms with E-state index in [-0.39, 0.29) is 35.4 Å². The zero-order valence-electron chi connectivity index (χ0n) is 16.4. The molecule has 2 heterocycles. The molecule has 0 spiro atoms. The SMILES string of the molecule is CC1CCCCC1NC(=O)c1cc2cccnc2n(Cc2ccc(F)cc2)c1=O. The molecule has 0 bridgehead atoms. The fourth-order valence-corrected chi connectivity index (χ4v) is 4.06. The second kappa shape index (κ2) is 8.15. The smallest absolute Gasteiger partial charge is 0.265 e. The van der Waals surface area contributed by atoms with Gasteiger partial charge >= 0.3 is 0 Å². The summed E-state index contributed by atoms with van der Waals surface area (Å²) in [6.45, 7) is 2.36. The van der Waals surface area contributed by atoms with Crippen LogP contribution in [0.3, 0.4) is 0 Å². The van der Waals surface area contributed by atoms with Crippen LogP contribution in [0.25, 0.3) is 11.0 Å². The van der Waals surface area contributed by atoms with E-state index in [9.17, 15) is 14.0 Å². The van der Waals surface area contributed by atoms with Crippen LogP contribution in [0.4, 0.5) is 4.39 Å². The van der Waals surface area contributed by atoms with Gasteiger partial charge < -0.3 is 5.32 Å². The minimum Gasteiger partial charge on any atom is -0.349 e. The molecule has 2 aromatic heterocycles. The molecule has 0 radical (unpaired) electrons. The van der Waals surface area contributed by atoms with Gasteiger partial charge in [-0.25, -0.2) is 9.37 Å². The first kappa shape index (κ1) is 19.3. The number of amides is 1. The number of aromatic nitrogens is 2. The second-order valence-corrected chi connectivity index (χ2v) is 7.83. The van der Waals surface area contributed by atoms with E-state index in [0.29, 0.717) is 11.6 Å². The third-order valence-electron chi connectivity index (χ3n) is 5.77. The van der Waals surface area contributed by atoms with E-state index in [1.54, 1.807) is 30.5 Å². The Morgan fingerprint density at radius 3 is 2.72 bits per heavy atom. The highest BCUT2D eigenvalue weighted by Crippen LogP contribution is 2.24. The van der Waals surface area contributed by atoms with Gasteiger partial charge in [0, 0.05) is 17.6 Å². The minimum absolute atomic E-state index is 0.0887. The number of halogens is 1. The molecule has 150 valence electrons. The lowest BCUT2D eigenvalue weighted by Crippen LogP contribution is -2.43. The van der Waals surface area contributed by atoms with Gasteiger partial charge in [-0.1, -0.05) is 31.9 Å². The van der Waals surface area contributed by atoms with Gasteiger partial charge in [-0.2, -0.15) is 0 Å². The molecule has 2 unspecified atom stereocenters. The third-order valence-corrected chi connectivity index (χ3v) is 5.77. The van der Waals surface area contributed by atoms with Crippen LogP contribution in [0.1, 0.15) is 48.5 Å². The number of benzene rings is 1. The fourth-order valence-electron chi connectivity index (χ4n) is 4.06. The average Bonchev–Trinajstić information content (AvgIpc) is 2.73. The monoisotopic (exact) mass is 393 g/mol.